The van der Waals surface area contributed by atoms with E-state index in [1.807, 2.05) is 32.2 Å². The number of ether oxygens (including phenoxy) is 2. The van der Waals surface area contributed by atoms with Gasteiger partial charge in [0.05, 0.1) is 32.1 Å². The van der Waals surface area contributed by atoms with Gasteiger partial charge in [0, 0.05) is 42.8 Å². The third-order valence-corrected chi connectivity index (χ3v) is 4.91. The Morgan fingerprint density at radius 3 is 2.96 bits per heavy atom. The van der Waals surface area contributed by atoms with Gasteiger partial charge in [-0.05, 0) is 32.0 Å². The quantitative estimate of drug-likeness (QED) is 0.872. The highest BCUT2D eigenvalue weighted by molar-refractivity contribution is 5.62. The Bertz CT molecular complexity index is 774. The van der Waals surface area contributed by atoms with Crippen LogP contribution in [0.4, 0.5) is 5.95 Å². The molecule has 0 saturated carbocycles. The van der Waals surface area contributed by atoms with E-state index in [9.17, 15) is 0 Å². The largest absolute Gasteiger partial charge is 0.377 e. The third-order valence-electron chi connectivity index (χ3n) is 4.91. The molecule has 7 heteroatoms. The average Bonchev–Trinajstić information content (AvgIpc) is 2.87. The zero-order valence-electron chi connectivity index (χ0n) is 15.4. The van der Waals surface area contributed by atoms with Crippen LogP contribution in [0, 0.1) is 13.8 Å². The Hall–Kier alpha value is -2.09. The van der Waals surface area contributed by atoms with Gasteiger partial charge < -0.3 is 19.7 Å². The summed E-state index contributed by atoms with van der Waals surface area (Å²) < 4.78 is 11.8. The summed E-state index contributed by atoms with van der Waals surface area (Å²) in [5.41, 5.74) is 3.60. The number of aromatic nitrogens is 3. The number of morpholine rings is 1. The number of anilines is 1. The molecule has 4 rings (SSSR count). The van der Waals surface area contributed by atoms with Crippen LogP contribution < -0.4 is 10.2 Å². The lowest BCUT2D eigenvalue weighted by Gasteiger charge is -2.41. The second kappa shape index (κ2) is 7.26. The van der Waals surface area contributed by atoms with Gasteiger partial charge in [0.1, 0.15) is 5.60 Å². The number of hydrogen-bond acceptors (Lipinski definition) is 7. The van der Waals surface area contributed by atoms with Crippen molar-refractivity contribution in [2.24, 2.45) is 0 Å². The minimum absolute atomic E-state index is 0.338. The van der Waals surface area contributed by atoms with Crippen LogP contribution >= 0.6 is 0 Å². The van der Waals surface area contributed by atoms with Crippen LogP contribution in [0.15, 0.2) is 24.4 Å². The lowest BCUT2D eigenvalue weighted by atomic mass is 10.0. The van der Waals surface area contributed by atoms with Crippen molar-refractivity contribution in [2.75, 3.05) is 50.9 Å². The predicted molar refractivity (Wildman–Crippen MR) is 99.3 cm³/mol. The summed E-state index contributed by atoms with van der Waals surface area (Å²) in [6.07, 6.45) is 1.82. The van der Waals surface area contributed by atoms with E-state index in [1.165, 1.54) is 0 Å². The highest BCUT2D eigenvalue weighted by atomic mass is 16.5. The predicted octanol–water partition coefficient (Wildman–Crippen LogP) is 1.35. The molecule has 1 N–H and O–H groups in total. The fourth-order valence-electron chi connectivity index (χ4n) is 3.59. The maximum Gasteiger partial charge on any atom is 0.226 e. The first kappa shape index (κ1) is 17.3. The smallest absolute Gasteiger partial charge is 0.226 e. The molecule has 1 spiro atoms. The van der Waals surface area contributed by atoms with Crippen LogP contribution in [0.25, 0.3) is 11.3 Å². The highest BCUT2D eigenvalue weighted by Crippen LogP contribution is 2.25. The van der Waals surface area contributed by atoms with E-state index < -0.39 is 0 Å². The molecule has 7 nitrogen and oxygen atoms in total. The first-order valence-corrected chi connectivity index (χ1v) is 9.10. The molecule has 0 bridgehead atoms. The van der Waals surface area contributed by atoms with Crippen LogP contribution in [0.2, 0.25) is 0 Å². The summed E-state index contributed by atoms with van der Waals surface area (Å²) in [5, 5.41) is 3.40. The molecule has 0 aliphatic carbocycles. The molecular formula is C19H25N5O2. The Balaban J connectivity index is 1.59. The maximum absolute atomic E-state index is 6.09. The molecule has 2 saturated heterocycles. The van der Waals surface area contributed by atoms with Gasteiger partial charge in [0.25, 0.3) is 0 Å². The van der Waals surface area contributed by atoms with Gasteiger partial charge in [-0.15, -0.1) is 0 Å². The molecule has 4 heterocycles. The van der Waals surface area contributed by atoms with E-state index >= 15 is 0 Å². The van der Waals surface area contributed by atoms with E-state index in [0.29, 0.717) is 19.8 Å². The summed E-state index contributed by atoms with van der Waals surface area (Å²) in [6.45, 7) is 9.10. The number of hydrogen-bond donors (Lipinski definition) is 1. The monoisotopic (exact) mass is 355 g/mol. The molecule has 0 radical (unpaired) electrons. The lowest BCUT2D eigenvalue weighted by molar-refractivity contribution is -0.0915. The van der Waals surface area contributed by atoms with Gasteiger partial charge in [0.2, 0.25) is 5.95 Å². The van der Waals surface area contributed by atoms with E-state index in [0.717, 1.165) is 54.8 Å². The summed E-state index contributed by atoms with van der Waals surface area (Å²) in [5.74, 6) is 0.731. The van der Waals surface area contributed by atoms with Crippen molar-refractivity contribution in [2.45, 2.75) is 19.4 Å². The Labute approximate surface area is 153 Å². The molecule has 2 aliphatic heterocycles. The summed E-state index contributed by atoms with van der Waals surface area (Å²) in [4.78, 5) is 16.1. The molecule has 26 heavy (non-hydrogen) atoms. The van der Waals surface area contributed by atoms with Crippen LogP contribution in [0.1, 0.15) is 11.4 Å². The van der Waals surface area contributed by atoms with Crippen molar-refractivity contribution in [3.05, 3.63) is 35.8 Å². The molecule has 2 aromatic rings. The standard InChI is InChI=1S/C19H25N5O2/c1-14-3-4-16(15(2)22-14)17-5-6-21-18(23-17)24-8-10-26-19(12-24)11-20-7-9-25-13-19/h3-6,20H,7-13H2,1-2H3/t19-/m0/s1. The van der Waals surface area contributed by atoms with E-state index in [2.05, 4.69) is 26.3 Å². The molecule has 0 aromatic carbocycles. The minimum Gasteiger partial charge on any atom is -0.377 e. The van der Waals surface area contributed by atoms with E-state index in [4.69, 9.17) is 14.5 Å². The van der Waals surface area contributed by atoms with Gasteiger partial charge in [-0.2, -0.15) is 0 Å². The van der Waals surface area contributed by atoms with Crippen molar-refractivity contribution in [1.29, 1.82) is 0 Å². The zero-order chi connectivity index (χ0) is 18.0. The second-order valence-corrected chi connectivity index (χ2v) is 7.01. The van der Waals surface area contributed by atoms with Gasteiger partial charge in [-0.3, -0.25) is 4.98 Å². The molecular weight excluding hydrogens is 330 g/mol. The van der Waals surface area contributed by atoms with Gasteiger partial charge >= 0.3 is 0 Å². The molecule has 2 aromatic heterocycles. The average molecular weight is 355 g/mol. The number of nitrogens with zero attached hydrogens (tertiary/aromatic N) is 4. The fourth-order valence-corrected chi connectivity index (χ4v) is 3.59. The molecule has 0 amide bonds. The minimum atomic E-state index is -0.338. The maximum atomic E-state index is 6.09. The second-order valence-electron chi connectivity index (χ2n) is 7.01. The summed E-state index contributed by atoms with van der Waals surface area (Å²) in [6, 6.07) is 6.03. The topological polar surface area (TPSA) is 72.4 Å². The van der Waals surface area contributed by atoms with Crippen molar-refractivity contribution in [1.82, 2.24) is 20.3 Å². The number of aryl methyl sites for hydroxylation is 2. The Morgan fingerprint density at radius 1 is 1.15 bits per heavy atom. The van der Waals surface area contributed by atoms with Gasteiger partial charge in [-0.25, -0.2) is 9.97 Å². The SMILES string of the molecule is Cc1ccc(-c2ccnc(N3CCO[C@@]4(CNCCOC4)C3)n2)c(C)n1. The first-order valence-electron chi connectivity index (χ1n) is 9.10. The van der Waals surface area contributed by atoms with Crippen LogP contribution in [0.3, 0.4) is 0 Å². The van der Waals surface area contributed by atoms with Gasteiger partial charge in [0.15, 0.2) is 0 Å². The zero-order valence-corrected chi connectivity index (χ0v) is 15.4. The number of rotatable bonds is 2. The number of pyridine rings is 1. The fraction of sp³-hybridized carbons (Fsp3) is 0.526. The molecule has 138 valence electrons. The lowest BCUT2D eigenvalue weighted by Crippen LogP contribution is -2.58. The van der Waals surface area contributed by atoms with Crippen molar-refractivity contribution in [3.8, 4) is 11.3 Å². The number of nitrogens with one attached hydrogen (secondary N) is 1. The van der Waals surface area contributed by atoms with Gasteiger partial charge in [-0.1, -0.05) is 0 Å². The third kappa shape index (κ3) is 3.56. The van der Waals surface area contributed by atoms with Crippen LogP contribution in [-0.4, -0.2) is 66.6 Å². The van der Waals surface area contributed by atoms with E-state index in [1.54, 1.807) is 0 Å². The Morgan fingerprint density at radius 2 is 2.08 bits per heavy atom. The van der Waals surface area contributed by atoms with Crippen molar-refractivity contribution < 1.29 is 9.47 Å². The van der Waals surface area contributed by atoms with Crippen molar-refractivity contribution in [3.63, 3.8) is 0 Å². The molecule has 1 atom stereocenters. The molecule has 2 aliphatic rings. The van der Waals surface area contributed by atoms with Crippen LogP contribution in [-0.2, 0) is 9.47 Å². The first-order chi connectivity index (χ1) is 12.7. The van der Waals surface area contributed by atoms with Crippen LogP contribution in [0.5, 0.6) is 0 Å². The summed E-state index contributed by atoms with van der Waals surface area (Å²) in [7, 11) is 0. The Kier molecular flexibility index (Phi) is 4.84. The molecule has 0 unspecified atom stereocenters. The van der Waals surface area contributed by atoms with E-state index in [-0.39, 0.29) is 5.60 Å². The normalized spacial score (nSPS) is 23.8. The molecule has 2 fully saturated rings. The summed E-state index contributed by atoms with van der Waals surface area (Å²) >= 11 is 0. The highest BCUT2D eigenvalue weighted by Gasteiger charge is 2.38. The van der Waals surface area contributed by atoms with Crippen molar-refractivity contribution >= 4 is 5.95 Å².